The quantitative estimate of drug-likeness (QED) is 0.565. The number of rotatable bonds is 1. The van der Waals surface area contributed by atoms with Crippen molar-refractivity contribution in [3.63, 3.8) is 0 Å². The van der Waals surface area contributed by atoms with Gasteiger partial charge in [-0.2, -0.15) is 0 Å². The van der Waals surface area contributed by atoms with Gasteiger partial charge in [0.1, 0.15) is 5.69 Å². The lowest BCUT2D eigenvalue weighted by Crippen LogP contribution is -1.89. The van der Waals surface area contributed by atoms with Crippen molar-refractivity contribution in [1.82, 2.24) is 10.3 Å². The van der Waals surface area contributed by atoms with Gasteiger partial charge >= 0.3 is 0 Å². The molecule has 1 aromatic heterocycles. The molecule has 8 heavy (non-hydrogen) atoms. The van der Waals surface area contributed by atoms with Crippen LogP contribution in [0.25, 0.3) is 0 Å². The van der Waals surface area contributed by atoms with Gasteiger partial charge in [-0.1, -0.05) is 12.1 Å². The third-order valence-electron chi connectivity index (χ3n) is 0.921. The number of hydrogen-bond donors (Lipinski definition) is 1. The van der Waals surface area contributed by atoms with Gasteiger partial charge in [0, 0.05) is 0 Å². The number of aryl methyl sites for hydroxylation is 1. The summed E-state index contributed by atoms with van der Waals surface area (Å²) in [6, 6.07) is 0. The summed E-state index contributed by atoms with van der Waals surface area (Å²) in [7, 11) is 0. The average Bonchev–Trinajstić information content (AvgIpc) is 2.14. The summed E-state index contributed by atoms with van der Waals surface area (Å²) >= 11 is 0. The van der Waals surface area contributed by atoms with E-state index >= 15 is 0 Å². The molecule has 0 bridgehead atoms. The molecule has 0 aliphatic heterocycles. The van der Waals surface area contributed by atoms with Crippen LogP contribution in [0.3, 0.4) is 0 Å². The molecule has 0 spiro atoms. The summed E-state index contributed by atoms with van der Waals surface area (Å²) in [5, 5.41) is 6.90. The van der Waals surface area contributed by atoms with Crippen molar-refractivity contribution in [3.05, 3.63) is 5.69 Å². The van der Waals surface area contributed by atoms with Crippen molar-refractivity contribution < 1.29 is 4.63 Å². The fourth-order valence-corrected chi connectivity index (χ4v) is 0.459. The molecule has 4 heteroatoms. The summed E-state index contributed by atoms with van der Waals surface area (Å²) in [6.45, 7) is 1.94. The maximum absolute atomic E-state index is 5.28. The normalized spacial score (nSPS) is 9.62. The van der Waals surface area contributed by atoms with E-state index < -0.39 is 0 Å². The Morgan fingerprint density at radius 3 is 2.62 bits per heavy atom. The molecule has 0 saturated carbocycles. The summed E-state index contributed by atoms with van der Waals surface area (Å²) in [6.07, 6.45) is 0.773. The maximum Gasteiger partial charge on any atom is 0.191 e. The van der Waals surface area contributed by atoms with Gasteiger partial charge in [-0.3, -0.25) is 0 Å². The van der Waals surface area contributed by atoms with E-state index in [9.17, 15) is 0 Å². The molecule has 0 atom stereocenters. The van der Waals surface area contributed by atoms with Gasteiger partial charge in [-0.15, -0.1) is 0 Å². The molecule has 44 valence electrons. The van der Waals surface area contributed by atoms with Gasteiger partial charge in [0.25, 0.3) is 0 Å². The maximum atomic E-state index is 5.28. The highest BCUT2D eigenvalue weighted by Gasteiger charge is 1.99. The molecule has 1 aromatic rings. The highest BCUT2D eigenvalue weighted by atomic mass is 16.6. The lowest BCUT2D eigenvalue weighted by Gasteiger charge is -1.80. The standard InChI is InChI=1S/C4H7N3O/c1-2-3-4(5)7-8-6-3/h2H2,1H3,(H2,5,7). The zero-order chi connectivity index (χ0) is 5.98. The van der Waals surface area contributed by atoms with Crippen LogP contribution in [0.2, 0.25) is 0 Å². The van der Waals surface area contributed by atoms with Crippen LogP contribution in [0, 0.1) is 0 Å². The van der Waals surface area contributed by atoms with Crippen LogP contribution < -0.4 is 5.73 Å². The molecule has 1 heterocycles. The van der Waals surface area contributed by atoms with Gasteiger partial charge < -0.3 is 5.73 Å². The van der Waals surface area contributed by atoms with Crippen molar-refractivity contribution in [2.24, 2.45) is 0 Å². The van der Waals surface area contributed by atoms with E-state index in [1.165, 1.54) is 0 Å². The number of nitrogens with zero attached hydrogens (tertiary/aromatic N) is 2. The molecule has 0 fully saturated rings. The summed E-state index contributed by atoms with van der Waals surface area (Å²) in [4.78, 5) is 0. The molecular weight excluding hydrogens is 106 g/mol. The molecule has 0 aliphatic carbocycles. The van der Waals surface area contributed by atoms with Gasteiger partial charge in [0.15, 0.2) is 5.82 Å². The molecule has 0 aromatic carbocycles. The van der Waals surface area contributed by atoms with Crippen molar-refractivity contribution in [2.45, 2.75) is 13.3 Å². The van der Waals surface area contributed by atoms with Gasteiger partial charge in [-0.05, 0) is 11.6 Å². The van der Waals surface area contributed by atoms with Crippen LogP contribution >= 0.6 is 0 Å². The van der Waals surface area contributed by atoms with Crippen molar-refractivity contribution in [1.29, 1.82) is 0 Å². The first-order valence-corrected chi connectivity index (χ1v) is 2.41. The number of anilines is 1. The minimum absolute atomic E-state index is 0.396. The zero-order valence-corrected chi connectivity index (χ0v) is 4.59. The largest absolute Gasteiger partial charge is 0.379 e. The van der Waals surface area contributed by atoms with Crippen LogP contribution in [0.1, 0.15) is 12.6 Å². The Bertz CT molecular complexity index is 172. The highest BCUT2D eigenvalue weighted by molar-refractivity contribution is 5.30. The Morgan fingerprint density at radius 2 is 2.38 bits per heavy atom. The van der Waals surface area contributed by atoms with Crippen LogP contribution in [-0.4, -0.2) is 10.3 Å². The van der Waals surface area contributed by atoms with E-state index in [-0.39, 0.29) is 0 Å². The Labute approximate surface area is 46.6 Å². The third-order valence-corrected chi connectivity index (χ3v) is 0.921. The fourth-order valence-electron chi connectivity index (χ4n) is 0.459. The Morgan fingerprint density at radius 1 is 1.62 bits per heavy atom. The second kappa shape index (κ2) is 1.81. The number of nitrogens with two attached hydrogens (primary N) is 1. The van der Waals surface area contributed by atoms with Gasteiger partial charge in [0.05, 0.1) is 0 Å². The van der Waals surface area contributed by atoms with Crippen LogP contribution in [-0.2, 0) is 6.42 Å². The van der Waals surface area contributed by atoms with E-state index in [0.717, 1.165) is 12.1 Å². The first-order valence-electron chi connectivity index (χ1n) is 2.41. The van der Waals surface area contributed by atoms with E-state index in [2.05, 4.69) is 14.9 Å². The molecule has 0 aliphatic rings. The number of hydrogen-bond acceptors (Lipinski definition) is 4. The van der Waals surface area contributed by atoms with E-state index in [1.807, 2.05) is 6.92 Å². The molecule has 0 amide bonds. The zero-order valence-electron chi connectivity index (χ0n) is 4.59. The van der Waals surface area contributed by atoms with E-state index in [4.69, 9.17) is 5.73 Å². The lowest BCUT2D eigenvalue weighted by atomic mass is 10.3. The summed E-state index contributed by atoms with van der Waals surface area (Å²) < 4.78 is 4.31. The molecule has 0 radical (unpaired) electrons. The predicted octanol–water partition coefficient (Wildman–Crippen LogP) is 0.214. The van der Waals surface area contributed by atoms with Crippen LogP contribution in [0.5, 0.6) is 0 Å². The topological polar surface area (TPSA) is 64.9 Å². The third kappa shape index (κ3) is 0.641. The number of aromatic nitrogens is 2. The first kappa shape index (κ1) is 5.08. The first-order chi connectivity index (χ1) is 3.84. The lowest BCUT2D eigenvalue weighted by molar-refractivity contribution is 0.305. The second-order valence-electron chi connectivity index (χ2n) is 1.45. The summed E-state index contributed by atoms with van der Waals surface area (Å²) in [5.41, 5.74) is 6.01. The smallest absolute Gasteiger partial charge is 0.191 e. The second-order valence-corrected chi connectivity index (χ2v) is 1.45. The molecular formula is C4H7N3O. The van der Waals surface area contributed by atoms with E-state index in [0.29, 0.717) is 5.82 Å². The van der Waals surface area contributed by atoms with Gasteiger partial charge in [0.2, 0.25) is 0 Å². The number of nitrogen functional groups attached to an aromatic ring is 1. The fraction of sp³-hybridized carbons (Fsp3) is 0.500. The van der Waals surface area contributed by atoms with Crippen molar-refractivity contribution in [2.75, 3.05) is 5.73 Å². The summed E-state index contributed by atoms with van der Waals surface area (Å²) in [5.74, 6) is 0.396. The molecule has 4 nitrogen and oxygen atoms in total. The monoisotopic (exact) mass is 113 g/mol. The molecule has 1 rings (SSSR count). The Hall–Kier alpha value is -1.06. The minimum Gasteiger partial charge on any atom is -0.379 e. The minimum atomic E-state index is 0.396. The average molecular weight is 113 g/mol. The van der Waals surface area contributed by atoms with Crippen LogP contribution in [0.15, 0.2) is 4.63 Å². The van der Waals surface area contributed by atoms with Crippen molar-refractivity contribution in [3.8, 4) is 0 Å². The highest BCUT2D eigenvalue weighted by Crippen LogP contribution is 2.02. The predicted molar refractivity (Wildman–Crippen MR) is 28.1 cm³/mol. The van der Waals surface area contributed by atoms with E-state index in [1.54, 1.807) is 0 Å². The SMILES string of the molecule is CCc1nonc1N. The van der Waals surface area contributed by atoms with Crippen molar-refractivity contribution >= 4 is 5.82 Å². The molecule has 0 unspecified atom stereocenters. The molecule has 2 N–H and O–H groups in total. The molecule has 0 saturated heterocycles. The Kier molecular flexibility index (Phi) is 1.15. The Balaban J connectivity index is 2.92. The van der Waals surface area contributed by atoms with Crippen LogP contribution in [0.4, 0.5) is 5.82 Å². The van der Waals surface area contributed by atoms with Gasteiger partial charge in [-0.25, -0.2) is 4.63 Å².